The predicted octanol–water partition coefficient (Wildman–Crippen LogP) is 4.75. The zero-order chi connectivity index (χ0) is 19.2. The summed E-state index contributed by atoms with van der Waals surface area (Å²) in [6, 6.07) is 16.8. The van der Waals surface area contributed by atoms with E-state index >= 15 is 0 Å². The number of hydrazone groups is 1. The lowest BCUT2D eigenvalue weighted by Gasteiger charge is -2.10. The van der Waals surface area contributed by atoms with Crippen LogP contribution in [0.5, 0.6) is 5.75 Å². The van der Waals surface area contributed by atoms with Crippen LogP contribution in [0.3, 0.4) is 0 Å². The standard InChI is InChI=1S/C21H19ClN2O3/c1-14-5-3-6-15(2)21(14)26-13-20(25)24-23-12-18-9-10-19(27-18)16-7-4-8-17(22)11-16/h3-12H,13H2,1-2H3,(H,24,25)/b23-12-. The lowest BCUT2D eigenvalue weighted by molar-refractivity contribution is -0.123. The molecule has 27 heavy (non-hydrogen) atoms. The number of rotatable bonds is 6. The van der Waals surface area contributed by atoms with Crippen LogP contribution in [-0.4, -0.2) is 18.7 Å². The molecule has 1 amide bonds. The molecule has 3 rings (SSSR count). The summed E-state index contributed by atoms with van der Waals surface area (Å²) in [5, 5.41) is 4.53. The monoisotopic (exact) mass is 382 g/mol. The minimum absolute atomic E-state index is 0.116. The molecule has 0 unspecified atom stereocenters. The minimum atomic E-state index is -0.351. The van der Waals surface area contributed by atoms with Gasteiger partial charge in [0.25, 0.3) is 5.91 Å². The molecule has 2 aromatic carbocycles. The normalized spacial score (nSPS) is 10.9. The highest BCUT2D eigenvalue weighted by molar-refractivity contribution is 6.30. The average Bonchev–Trinajstić information content (AvgIpc) is 3.10. The number of nitrogens with one attached hydrogen (secondary N) is 1. The fraction of sp³-hybridized carbons (Fsp3) is 0.143. The first-order valence-corrected chi connectivity index (χ1v) is 8.77. The smallest absolute Gasteiger partial charge is 0.277 e. The molecule has 1 heterocycles. The zero-order valence-corrected chi connectivity index (χ0v) is 15.8. The quantitative estimate of drug-likeness (QED) is 0.494. The molecule has 0 atom stereocenters. The fourth-order valence-electron chi connectivity index (χ4n) is 2.58. The van der Waals surface area contributed by atoms with E-state index in [1.54, 1.807) is 12.1 Å². The number of halogens is 1. The van der Waals surface area contributed by atoms with Gasteiger partial charge in [-0.2, -0.15) is 5.10 Å². The third-order valence-electron chi connectivity index (χ3n) is 3.87. The van der Waals surface area contributed by atoms with Gasteiger partial charge in [-0.15, -0.1) is 0 Å². The SMILES string of the molecule is Cc1cccc(C)c1OCC(=O)N/N=C\c1ccc(-c2cccc(Cl)c2)o1. The summed E-state index contributed by atoms with van der Waals surface area (Å²) >= 11 is 5.99. The Morgan fingerprint density at radius 3 is 2.63 bits per heavy atom. The number of benzene rings is 2. The van der Waals surface area contributed by atoms with E-state index in [2.05, 4.69) is 10.5 Å². The summed E-state index contributed by atoms with van der Waals surface area (Å²) in [5.41, 5.74) is 5.26. The number of hydrogen-bond acceptors (Lipinski definition) is 4. The van der Waals surface area contributed by atoms with E-state index < -0.39 is 0 Å². The number of hydrogen-bond donors (Lipinski definition) is 1. The second-order valence-corrected chi connectivity index (χ2v) is 6.45. The average molecular weight is 383 g/mol. The van der Waals surface area contributed by atoms with Gasteiger partial charge < -0.3 is 9.15 Å². The molecular weight excluding hydrogens is 364 g/mol. The molecule has 0 aliphatic heterocycles. The van der Waals surface area contributed by atoms with Crippen molar-refractivity contribution in [2.45, 2.75) is 13.8 Å². The molecule has 0 spiro atoms. The molecule has 0 bridgehead atoms. The molecule has 0 radical (unpaired) electrons. The molecule has 6 heteroatoms. The van der Waals surface area contributed by atoms with Crippen molar-refractivity contribution >= 4 is 23.7 Å². The van der Waals surface area contributed by atoms with E-state index in [-0.39, 0.29) is 12.5 Å². The van der Waals surface area contributed by atoms with Gasteiger partial charge in [-0.1, -0.05) is 41.9 Å². The highest BCUT2D eigenvalue weighted by Gasteiger charge is 2.07. The first kappa shape index (κ1) is 18.7. The summed E-state index contributed by atoms with van der Waals surface area (Å²) in [4.78, 5) is 11.9. The maximum absolute atomic E-state index is 11.9. The topological polar surface area (TPSA) is 63.8 Å². The van der Waals surface area contributed by atoms with Crippen LogP contribution < -0.4 is 10.2 Å². The van der Waals surface area contributed by atoms with E-state index in [1.807, 2.05) is 56.3 Å². The maximum Gasteiger partial charge on any atom is 0.277 e. The number of aryl methyl sites for hydroxylation is 2. The third-order valence-corrected chi connectivity index (χ3v) is 4.11. The molecule has 0 saturated heterocycles. The van der Waals surface area contributed by atoms with Gasteiger partial charge in [0.15, 0.2) is 6.61 Å². The van der Waals surface area contributed by atoms with Crippen LogP contribution >= 0.6 is 11.6 Å². The van der Waals surface area contributed by atoms with Gasteiger partial charge in [0.2, 0.25) is 0 Å². The van der Waals surface area contributed by atoms with Crippen molar-refractivity contribution in [2.75, 3.05) is 6.61 Å². The second-order valence-electron chi connectivity index (χ2n) is 6.02. The Morgan fingerprint density at radius 2 is 1.89 bits per heavy atom. The lowest BCUT2D eigenvalue weighted by Crippen LogP contribution is -2.24. The van der Waals surface area contributed by atoms with Crippen molar-refractivity contribution in [3.63, 3.8) is 0 Å². The summed E-state index contributed by atoms with van der Waals surface area (Å²) in [5.74, 6) is 1.55. The Kier molecular flexibility index (Phi) is 5.94. The van der Waals surface area contributed by atoms with Crippen molar-refractivity contribution in [2.24, 2.45) is 5.10 Å². The molecule has 3 aromatic rings. The van der Waals surface area contributed by atoms with E-state index in [0.717, 1.165) is 16.7 Å². The fourth-order valence-corrected chi connectivity index (χ4v) is 2.77. The predicted molar refractivity (Wildman–Crippen MR) is 106 cm³/mol. The Hall–Kier alpha value is -3.05. The maximum atomic E-state index is 11.9. The van der Waals surface area contributed by atoms with Gasteiger partial charge >= 0.3 is 0 Å². The molecule has 0 aliphatic rings. The summed E-state index contributed by atoms with van der Waals surface area (Å²) < 4.78 is 11.3. The van der Waals surface area contributed by atoms with Crippen molar-refractivity contribution in [1.29, 1.82) is 0 Å². The van der Waals surface area contributed by atoms with Crippen molar-refractivity contribution in [3.8, 4) is 17.1 Å². The first-order chi connectivity index (χ1) is 13.0. The second kappa shape index (κ2) is 8.56. The number of para-hydroxylation sites is 1. The molecular formula is C21H19ClN2O3. The number of carbonyl (C=O) groups is 1. The van der Waals surface area contributed by atoms with Crippen molar-refractivity contribution < 1.29 is 13.9 Å². The van der Waals surface area contributed by atoms with Crippen molar-refractivity contribution in [1.82, 2.24) is 5.43 Å². The van der Waals surface area contributed by atoms with Crippen LogP contribution in [-0.2, 0) is 4.79 Å². The first-order valence-electron chi connectivity index (χ1n) is 8.39. The zero-order valence-electron chi connectivity index (χ0n) is 15.0. The van der Waals surface area contributed by atoms with E-state index in [0.29, 0.717) is 22.3 Å². The number of amides is 1. The van der Waals surface area contributed by atoms with Gasteiger partial charge in [-0.05, 0) is 49.2 Å². The molecule has 0 aliphatic carbocycles. The Bertz CT molecular complexity index is 959. The van der Waals surface area contributed by atoms with Gasteiger partial charge in [0.1, 0.15) is 17.3 Å². The summed E-state index contributed by atoms with van der Waals surface area (Å²) in [6.07, 6.45) is 1.44. The number of carbonyl (C=O) groups excluding carboxylic acids is 1. The number of nitrogens with zero attached hydrogens (tertiary/aromatic N) is 1. The van der Waals surface area contributed by atoms with Crippen LogP contribution in [0, 0.1) is 13.8 Å². The molecule has 0 saturated carbocycles. The van der Waals surface area contributed by atoms with Gasteiger partial charge in [-0.3, -0.25) is 4.79 Å². The van der Waals surface area contributed by atoms with E-state index in [1.165, 1.54) is 6.21 Å². The van der Waals surface area contributed by atoms with Gasteiger partial charge in [0.05, 0.1) is 6.21 Å². The van der Waals surface area contributed by atoms with E-state index in [9.17, 15) is 4.79 Å². The molecule has 5 nitrogen and oxygen atoms in total. The van der Waals surface area contributed by atoms with Crippen LogP contribution in [0.15, 0.2) is 64.1 Å². The van der Waals surface area contributed by atoms with Crippen LogP contribution in [0.2, 0.25) is 5.02 Å². The van der Waals surface area contributed by atoms with E-state index in [4.69, 9.17) is 20.8 Å². The molecule has 138 valence electrons. The molecule has 1 aromatic heterocycles. The van der Waals surface area contributed by atoms with Crippen molar-refractivity contribution in [3.05, 3.63) is 76.5 Å². The van der Waals surface area contributed by atoms with Crippen LogP contribution in [0.25, 0.3) is 11.3 Å². The number of furan rings is 1. The van der Waals surface area contributed by atoms with Gasteiger partial charge in [0, 0.05) is 10.6 Å². The Balaban J connectivity index is 1.54. The highest BCUT2D eigenvalue weighted by atomic mass is 35.5. The largest absolute Gasteiger partial charge is 0.483 e. The summed E-state index contributed by atoms with van der Waals surface area (Å²) in [7, 11) is 0. The Labute approximate surface area is 162 Å². The third kappa shape index (κ3) is 4.99. The highest BCUT2D eigenvalue weighted by Crippen LogP contribution is 2.24. The van der Waals surface area contributed by atoms with Crippen LogP contribution in [0.1, 0.15) is 16.9 Å². The molecule has 0 fully saturated rings. The minimum Gasteiger partial charge on any atom is -0.483 e. The lowest BCUT2D eigenvalue weighted by atomic mass is 10.1. The summed E-state index contributed by atoms with van der Waals surface area (Å²) in [6.45, 7) is 3.76. The van der Waals surface area contributed by atoms with Crippen LogP contribution in [0.4, 0.5) is 0 Å². The molecule has 1 N–H and O–H groups in total. The Morgan fingerprint density at radius 1 is 1.15 bits per heavy atom. The number of ether oxygens (including phenoxy) is 1. The van der Waals surface area contributed by atoms with Gasteiger partial charge in [-0.25, -0.2) is 5.43 Å².